The van der Waals surface area contributed by atoms with E-state index in [1.807, 2.05) is 48.5 Å². The Bertz CT molecular complexity index is 1400. The highest BCUT2D eigenvalue weighted by atomic mass is 32.1. The minimum absolute atomic E-state index is 0.211. The van der Waals surface area contributed by atoms with Crippen LogP contribution in [0.1, 0.15) is 10.4 Å². The highest BCUT2D eigenvalue weighted by Crippen LogP contribution is 2.50. The second-order valence-corrected chi connectivity index (χ2v) is 8.30. The maximum atomic E-state index is 12.9. The minimum Gasteiger partial charge on any atom is -0.457 e. The molecule has 0 spiro atoms. The van der Waals surface area contributed by atoms with E-state index >= 15 is 0 Å². The summed E-state index contributed by atoms with van der Waals surface area (Å²) >= 11 is 1.51. The number of fused-ring (bicyclic) bond motifs is 3. The third-order valence-electron chi connectivity index (χ3n) is 5.33. The molecule has 1 heterocycles. The Morgan fingerprint density at radius 2 is 1.55 bits per heavy atom. The summed E-state index contributed by atoms with van der Waals surface area (Å²) in [4.78, 5) is 18.7. The summed E-state index contributed by atoms with van der Waals surface area (Å²) in [5.74, 6) is 1.13. The molecule has 1 aliphatic rings. The Kier molecular flexibility index (Phi) is 4.08. The lowest BCUT2D eigenvalue weighted by molar-refractivity contribution is 0.102. The molecule has 0 bridgehead atoms. The van der Waals surface area contributed by atoms with Gasteiger partial charge in [-0.05, 0) is 41.1 Å². The van der Waals surface area contributed by atoms with Crippen molar-refractivity contribution in [1.29, 1.82) is 0 Å². The van der Waals surface area contributed by atoms with Crippen LogP contribution < -0.4 is 10.1 Å². The maximum Gasteiger partial charge on any atom is 0.257 e. The molecule has 5 heteroatoms. The average molecular weight is 420 g/mol. The highest BCUT2D eigenvalue weighted by Gasteiger charge is 2.26. The van der Waals surface area contributed by atoms with Crippen molar-refractivity contribution >= 4 is 33.1 Å². The van der Waals surface area contributed by atoms with Crippen molar-refractivity contribution in [3.8, 4) is 33.2 Å². The fraction of sp³-hybridized carbons (Fsp3) is 0. The quantitative estimate of drug-likeness (QED) is 0.334. The van der Waals surface area contributed by atoms with Gasteiger partial charge in [0.05, 0.1) is 10.6 Å². The molecular weight excluding hydrogens is 404 g/mol. The minimum atomic E-state index is -0.211. The van der Waals surface area contributed by atoms with Gasteiger partial charge in [-0.3, -0.25) is 10.1 Å². The first-order valence-corrected chi connectivity index (χ1v) is 10.8. The van der Waals surface area contributed by atoms with Gasteiger partial charge in [0.2, 0.25) is 0 Å². The zero-order chi connectivity index (χ0) is 20.8. The van der Waals surface area contributed by atoms with Gasteiger partial charge in [0, 0.05) is 16.7 Å². The Morgan fingerprint density at radius 3 is 2.39 bits per heavy atom. The van der Waals surface area contributed by atoms with Crippen LogP contribution in [-0.2, 0) is 0 Å². The zero-order valence-electron chi connectivity index (χ0n) is 16.3. The van der Waals surface area contributed by atoms with Crippen molar-refractivity contribution in [2.75, 3.05) is 5.32 Å². The van der Waals surface area contributed by atoms with E-state index in [9.17, 15) is 4.79 Å². The summed E-state index contributed by atoms with van der Waals surface area (Å²) in [6.07, 6.45) is 0. The highest BCUT2D eigenvalue weighted by molar-refractivity contribution is 7.20. The van der Waals surface area contributed by atoms with Crippen molar-refractivity contribution in [3.63, 3.8) is 0 Å². The number of hydrogen-bond donors (Lipinski definition) is 1. The Balaban J connectivity index is 1.27. The van der Waals surface area contributed by atoms with Crippen LogP contribution in [-0.4, -0.2) is 10.9 Å². The van der Waals surface area contributed by atoms with Gasteiger partial charge in [0.1, 0.15) is 11.5 Å². The van der Waals surface area contributed by atoms with E-state index in [-0.39, 0.29) is 5.91 Å². The van der Waals surface area contributed by atoms with Crippen LogP contribution in [0.5, 0.6) is 11.5 Å². The van der Waals surface area contributed by atoms with Crippen LogP contribution in [0.3, 0.4) is 0 Å². The maximum absolute atomic E-state index is 12.9. The molecular formula is C26H16N2O2S. The van der Waals surface area contributed by atoms with E-state index in [1.165, 1.54) is 27.7 Å². The van der Waals surface area contributed by atoms with E-state index in [1.54, 1.807) is 12.1 Å². The lowest BCUT2D eigenvalue weighted by Gasteiger charge is -2.07. The number of para-hydroxylation sites is 1. The Labute approximate surface area is 182 Å². The number of benzene rings is 4. The van der Waals surface area contributed by atoms with E-state index < -0.39 is 0 Å². The first kappa shape index (κ1) is 17.9. The van der Waals surface area contributed by atoms with E-state index in [0.717, 1.165) is 21.9 Å². The smallest absolute Gasteiger partial charge is 0.257 e. The van der Waals surface area contributed by atoms with Crippen molar-refractivity contribution in [2.45, 2.75) is 0 Å². The Morgan fingerprint density at radius 1 is 0.806 bits per heavy atom. The van der Waals surface area contributed by atoms with Gasteiger partial charge in [-0.1, -0.05) is 72.0 Å². The molecule has 0 aliphatic heterocycles. The fourth-order valence-corrected chi connectivity index (χ4v) is 4.97. The summed E-state index contributed by atoms with van der Waals surface area (Å²) in [5, 5.41) is 6.00. The number of nitrogens with one attached hydrogen (secondary N) is 1. The van der Waals surface area contributed by atoms with Gasteiger partial charge in [0.15, 0.2) is 5.13 Å². The van der Waals surface area contributed by atoms with E-state index in [4.69, 9.17) is 9.72 Å². The molecule has 148 valence electrons. The van der Waals surface area contributed by atoms with E-state index in [2.05, 4.69) is 35.6 Å². The summed E-state index contributed by atoms with van der Waals surface area (Å²) in [6.45, 7) is 0. The number of hydrogen-bond acceptors (Lipinski definition) is 4. The van der Waals surface area contributed by atoms with E-state index in [0.29, 0.717) is 16.4 Å². The molecule has 0 fully saturated rings. The molecule has 0 saturated carbocycles. The molecule has 1 aliphatic carbocycles. The fourth-order valence-electron chi connectivity index (χ4n) is 3.96. The second-order valence-electron chi connectivity index (χ2n) is 7.30. The molecule has 0 unspecified atom stereocenters. The zero-order valence-corrected chi connectivity index (χ0v) is 17.1. The summed E-state index contributed by atoms with van der Waals surface area (Å²) < 4.78 is 5.85. The summed E-state index contributed by atoms with van der Waals surface area (Å²) in [6, 6.07) is 29.2. The number of ether oxygens (including phenoxy) is 1. The summed E-state index contributed by atoms with van der Waals surface area (Å²) in [5.41, 5.74) is 3.76. The van der Waals surface area contributed by atoms with Gasteiger partial charge >= 0.3 is 0 Å². The first-order valence-electron chi connectivity index (χ1n) is 9.94. The average Bonchev–Trinajstić information content (AvgIpc) is 3.34. The number of carbonyl (C=O) groups is 1. The van der Waals surface area contributed by atoms with Crippen LogP contribution in [0, 0.1) is 0 Å². The van der Waals surface area contributed by atoms with Crippen LogP contribution in [0.15, 0.2) is 91.0 Å². The number of thiazole rings is 1. The van der Waals surface area contributed by atoms with Crippen LogP contribution >= 0.6 is 11.3 Å². The predicted molar refractivity (Wildman–Crippen MR) is 125 cm³/mol. The molecule has 1 amide bonds. The third-order valence-corrected chi connectivity index (χ3v) is 6.33. The van der Waals surface area contributed by atoms with Gasteiger partial charge in [0.25, 0.3) is 5.91 Å². The van der Waals surface area contributed by atoms with Crippen LogP contribution in [0.4, 0.5) is 5.13 Å². The number of carbonyl (C=O) groups excluding carboxylic acids is 1. The molecule has 0 radical (unpaired) electrons. The molecule has 4 aromatic carbocycles. The molecule has 31 heavy (non-hydrogen) atoms. The number of amides is 1. The van der Waals surface area contributed by atoms with Crippen molar-refractivity contribution in [2.24, 2.45) is 0 Å². The largest absolute Gasteiger partial charge is 0.457 e. The van der Waals surface area contributed by atoms with Crippen molar-refractivity contribution in [1.82, 2.24) is 4.98 Å². The molecule has 4 nitrogen and oxygen atoms in total. The standard InChI is InChI=1S/C26H16N2O2S/c29-25(17-9-4-12-19(15-17)30-18-10-2-1-3-11-18)28-26-27-23-20-13-5-7-16-8-6-14-21(22(16)20)24(23)31-26/h1-15H,(H,27,28,29). The van der Waals surface area contributed by atoms with Gasteiger partial charge < -0.3 is 4.74 Å². The van der Waals surface area contributed by atoms with Crippen LogP contribution in [0.25, 0.3) is 32.5 Å². The van der Waals surface area contributed by atoms with Crippen molar-refractivity contribution < 1.29 is 9.53 Å². The topological polar surface area (TPSA) is 51.2 Å². The van der Waals surface area contributed by atoms with Crippen LogP contribution in [0.2, 0.25) is 0 Å². The summed E-state index contributed by atoms with van der Waals surface area (Å²) in [7, 11) is 0. The van der Waals surface area contributed by atoms with Gasteiger partial charge in [-0.2, -0.15) is 0 Å². The van der Waals surface area contributed by atoms with Gasteiger partial charge in [-0.15, -0.1) is 0 Å². The number of aromatic nitrogens is 1. The molecule has 6 rings (SSSR count). The monoisotopic (exact) mass is 420 g/mol. The molecule has 0 saturated heterocycles. The Hall–Kier alpha value is -3.96. The normalized spacial score (nSPS) is 11.4. The molecule has 1 N–H and O–H groups in total. The number of nitrogens with zero attached hydrogens (tertiary/aromatic N) is 1. The molecule has 1 aromatic heterocycles. The molecule has 0 atom stereocenters. The number of anilines is 1. The first-order chi connectivity index (χ1) is 15.3. The lowest BCUT2D eigenvalue weighted by Crippen LogP contribution is -2.11. The third kappa shape index (κ3) is 3.07. The SMILES string of the molecule is O=C(Nc1nc2c(s1)-c1cccc3cccc-2c13)c1cccc(Oc2ccccc2)c1. The van der Waals surface area contributed by atoms with Gasteiger partial charge in [-0.25, -0.2) is 4.98 Å². The molecule has 5 aromatic rings. The predicted octanol–water partition coefficient (Wildman–Crippen LogP) is 6.99. The number of rotatable bonds is 4. The van der Waals surface area contributed by atoms with Crippen molar-refractivity contribution in [3.05, 3.63) is 96.6 Å². The lowest BCUT2D eigenvalue weighted by atomic mass is 10.0. The second kappa shape index (κ2) is 7.07.